The van der Waals surface area contributed by atoms with Crippen LogP contribution in [0.2, 0.25) is 0 Å². The van der Waals surface area contributed by atoms with Crippen molar-refractivity contribution < 1.29 is 0 Å². The molecule has 0 fully saturated rings. The molecule has 176 valence electrons. The summed E-state index contributed by atoms with van der Waals surface area (Å²) in [6.07, 6.45) is 0. The van der Waals surface area contributed by atoms with Crippen LogP contribution < -0.4 is 0 Å². The first kappa shape index (κ1) is 21.6. The smallest absolute Gasteiger partial charge is 0.166 e. The normalized spacial score (nSPS) is 11.6. The summed E-state index contributed by atoms with van der Waals surface area (Å²) in [4.78, 5) is 20.2. The van der Waals surface area contributed by atoms with Crippen LogP contribution in [0.25, 0.3) is 66.7 Å². The summed E-state index contributed by atoms with van der Waals surface area (Å²) < 4.78 is 0. The van der Waals surface area contributed by atoms with Gasteiger partial charge in [0, 0.05) is 32.8 Å². The third-order valence-electron chi connectivity index (χ3n) is 7.09. The predicted molar refractivity (Wildman–Crippen MR) is 152 cm³/mol. The van der Waals surface area contributed by atoms with Crippen molar-refractivity contribution in [2.45, 2.75) is 20.8 Å². The largest absolute Gasteiger partial charge is 0.227 e. The number of pyridine rings is 2. The van der Waals surface area contributed by atoms with Crippen molar-refractivity contribution in [3.05, 3.63) is 108 Å². The molecule has 37 heavy (non-hydrogen) atoms. The third kappa shape index (κ3) is 3.53. The number of rotatable bonds is 3. The highest BCUT2D eigenvalue weighted by Crippen LogP contribution is 2.41. The third-order valence-corrected chi connectivity index (χ3v) is 7.09. The minimum absolute atomic E-state index is 0.635. The summed E-state index contributed by atoms with van der Waals surface area (Å²) >= 11 is 0. The van der Waals surface area contributed by atoms with E-state index < -0.39 is 0 Å². The van der Waals surface area contributed by atoms with Crippen LogP contribution in [-0.4, -0.2) is 19.9 Å². The minimum Gasteiger partial charge on any atom is -0.227 e. The molecule has 0 radical (unpaired) electrons. The monoisotopic (exact) mass is 476 g/mol. The Hall–Kier alpha value is -4.70. The second-order valence-electron chi connectivity index (χ2n) is 9.82. The van der Waals surface area contributed by atoms with Crippen LogP contribution in [0.1, 0.15) is 16.7 Å². The second-order valence-corrected chi connectivity index (χ2v) is 9.82. The Morgan fingerprint density at radius 3 is 1.24 bits per heavy atom. The maximum Gasteiger partial charge on any atom is 0.166 e. The van der Waals surface area contributed by atoms with Gasteiger partial charge >= 0.3 is 0 Å². The average molecular weight is 477 g/mol. The molecule has 0 saturated heterocycles. The van der Waals surface area contributed by atoms with Crippen molar-refractivity contribution in [3.63, 3.8) is 0 Å². The zero-order chi connectivity index (χ0) is 25.1. The van der Waals surface area contributed by atoms with Crippen LogP contribution >= 0.6 is 0 Å². The van der Waals surface area contributed by atoms with E-state index in [0.29, 0.717) is 17.1 Å². The lowest BCUT2D eigenvalue weighted by atomic mass is 9.95. The molecule has 0 aliphatic rings. The Bertz CT molecular complexity index is 1810. The van der Waals surface area contributed by atoms with Gasteiger partial charge in [-0.25, -0.2) is 19.9 Å². The lowest BCUT2D eigenvalue weighted by Crippen LogP contribution is -2.01. The second kappa shape index (κ2) is 8.17. The molecule has 0 aliphatic heterocycles. The molecule has 7 aromatic rings. The first-order chi connectivity index (χ1) is 18.0. The van der Waals surface area contributed by atoms with Gasteiger partial charge in [-0.2, -0.15) is 0 Å². The molecule has 0 spiro atoms. The van der Waals surface area contributed by atoms with E-state index in [9.17, 15) is 0 Å². The van der Waals surface area contributed by atoms with Gasteiger partial charge in [0.05, 0.1) is 16.8 Å². The molecule has 7 rings (SSSR count). The molecule has 4 aromatic carbocycles. The van der Waals surface area contributed by atoms with Gasteiger partial charge in [-0.05, 0) is 20.8 Å². The Morgan fingerprint density at radius 1 is 0.405 bits per heavy atom. The highest BCUT2D eigenvalue weighted by atomic mass is 15.0. The van der Waals surface area contributed by atoms with Crippen molar-refractivity contribution >= 4 is 32.8 Å². The van der Waals surface area contributed by atoms with Gasteiger partial charge in [-0.1, -0.05) is 108 Å². The van der Waals surface area contributed by atoms with Crippen LogP contribution in [0.15, 0.2) is 91.0 Å². The first-order valence-electron chi connectivity index (χ1n) is 12.5. The maximum absolute atomic E-state index is 5.13. The van der Waals surface area contributed by atoms with E-state index in [1.165, 1.54) is 16.7 Å². The van der Waals surface area contributed by atoms with Gasteiger partial charge in [0.15, 0.2) is 17.1 Å². The Balaban J connectivity index is 1.63. The van der Waals surface area contributed by atoms with E-state index in [-0.39, 0.29) is 0 Å². The van der Waals surface area contributed by atoms with E-state index in [4.69, 9.17) is 19.9 Å². The van der Waals surface area contributed by atoms with Crippen LogP contribution in [0.5, 0.6) is 0 Å². The Kier molecular flexibility index (Phi) is 4.76. The molecule has 4 nitrogen and oxygen atoms in total. The molecular weight excluding hydrogens is 452 g/mol. The van der Waals surface area contributed by atoms with E-state index in [1.807, 2.05) is 0 Å². The van der Waals surface area contributed by atoms with E-state index in [2.05, 4.69) is 112 Å². The van der Waals surface area contributed by atoms with E-state index in [1.54, 1.807) is 0 Å². The molecule has 0 N–H and O–H groups in total. The molecule has 0 amide bonds. The molecule has 3 heterocycles. The molecule has 0 aliphatic carbocycles. The number of aryl methyl sites for hydroxylation is 3. The molecule has 0 unspecified atom stereocenters. The predicted octanol–water partition coefficient (Wildman–Crippen LogP) is 8.09. The quantitative estimate of drug-likeness (QED) is 0.242. The fourth-order valence-corrected chi connectivity index (χ4v) is 5.07. The van der Waals surface area contributed by atoms with Crippen molar-refractivity contribution in [2.75, 3.05) is 0 Å². The molecule has 0 saturated carbocycles. The fourth-order valence-electron chi connectivity index (χ4n) is 5.07. The Morgan fingerprint density at radius 2 is 0.811 bits per heavy atom. The van der Waals surface area contributed by atoms with Crippen LogP contribution in [0, 0.1) is 20.8 Å². The van der Waals surface area contributed by atoms with Crippen molar-refractivity contribution in [1.82, 2.24) is 19.9 Å². The summed E-state index contributed by atoms with van der Waals surface area (Å²) in [7, 11) is 0. The molecular formula is C33H24N4. The van der Waals surface area contributed by atoms with Crippen molar-refractivity contribution in [1.29, 1.82) is 0 Å². The standard InChI is InChI=1S/C33H24N4/c1-19-7-13-22(14-8-19)29-25-5-4-6-26-27(25)28-32(34-29)36-31(24-17-11-21(3)12-18-24)37-33(28)35-30(26)23-15-9-20(2)10-16-23/h4-18H,1-3H3. The number of hydrogen-bond donors (Lipinski definition) is 0. The number of aromatic nitrogens is 4. The Labute approximate surface area is 215 Å². The molecule has 0 atom stereocenters. The SMILES string of the molecule is Cc1ccc(-c2nc3nc(-c4ccc(C)cc4)c4cccc5c(-c6ccc(C)cc6)nc(n2)c3c45)cc1. The highest BCUT2D eigenvalue weighted by molar-refractivity contribution is 6.25. The van der Waals surface area contributed by atoms with Gasteiger partial charge in [-0.3, -0.25) is 0 Å². The van der Waals surface area contributed by atoms with Crippen LogP contribution in [0.3, 0.4) is 0 Å². The molecule has 4 heteroatoms. The summed E-state index contributed by atoms with van der Waals surface area (Å²) in [6.45, 7) is 6.28. The average Bonchev–Trinajstić information content (AvgIpc) is 2.92. The van der Waals surface area contributed by atoms with Gasteiger partial charge in [0.25, 0.3) is 0 Å². The number of nitrogens with zero attached hydrogens (tertiary/aromatic N) is 4. The fraction of sp³-hybridized carbons (Fsp3) is 0.0909. The maximum atomic E-state index is 5.13. The molecule has 0 bridgehead atoms. The summed E-state index contributed by atoms with van der Waals surface area (Å²) in [5, 5.41) is 4.19. The minimum atomic E-state index is 0.635. The van der Waals surface area contributed by atoms with E-state index in [0.717, 1.165) is 49.6 Å². The summed E-state index contributed by atoms with van der Waals surface area (Å²) in [5.41, 5.74) is 9.91. The van der Waals surface area contributed by atoms with Gasteiger partial charge in [0.2, 0.25) is 0 Å². The zero-order valence-corrected chi connectivity index (χ0v) is 20.9. The topological polar surface area (TPSA) is 51.6 Å². The first-order valence-corrected chi connectivity index (χ1v) is 12.5. The highest BCUT2D eigenvalue weighted by Gasteiger charge is 2.21. The lowest BCUT2D eigenvalue weighted by molar-refractivity contribution is 1.19. The zero-order valence-electron chi connectivity index (χ0n) is 20.9. The van der Waals surface area contributed by atoms with Crippen molar-refractivity contribution in [2.24, 2.45) is 0 Å². The van der Waals surface area contributed by atoms with Crippen molar-refractivity contribution in [3.8, 4) is 33.9 Å². The number of hydrogen-bond acceptors (Lipinski definition) is 4. The lowest BCUT2D eigenvalue weighted by Gasteiger charge is -2.16. The van der Waals surface area contributed by atoms with E-state index >= 15 is 0 Å². The molecule has 3 aromatic heterocycles. The van der Waals surface area contributed by atoms with Crippen LogP contribution in [-0.2, 0) is 0 Å². The summed E-state index contributed by atoms with van der Waals surface area (Å²) in [6, 6.07) is 31.8. The summed E-state index contributed by atoms with van der Waals surface area (Å²) in [5.74, 6) is 0.635. The van der Waals surface area contributed by atoms with Gasteiger partial charge < -0.3 is 0 Å². The van der Waals surface area contributed by atoms with Crippen LogP contribution in [0.4, 0.5) is 0 Å². The number of benzene rings is 4. The van der Waals surface area contributed by atoms with Gasteiger partial charge in [-0.15, -0.1) is 0 Å². The van der Waals surface area contributed by atoms with Gasteiger partial charge in [0.1, 0.15) is 0 Å².